The van der Waals surface area contributed by atoms with Crippen LogP contribution in [0.15, 0.2) is 0 Å². The fraction of sp³-hybridized carbons (Fsp3) is 0.727. The smallest absolute Gasteiger partial charge is 0.389 e. The van der Waals surface area contributed by atoms with Crippen molar-refractivity contribution in [3.05, 3.63) is 0 Å². The normalized spacial score (nSPS) is 11.7. The van der Waals surface area contributed by atoms with Gasteiger partial charge in [-0.05, 0) is 26.7 Å². The van der Waals surface area contributed by atoms with Crippen LogP contribution in [-0.4, -0.2) is 33.8 Å². The molecule has 20 heavy (non-hydrogen) atoms. The van der Waals surface area contributed by atoms with Gasteiger partial charge in [-0.1, -0.05) is 0 Å². The van der Waals surface area contributed by atoms with E-state index in [1.807, 2.05) is 13.8 Å². The Labute approximate surface area is 115 Å². The van der Waals surface area contributed by atoms with Crippen LogP contribution in [0.3, 0.4) is 0 Å². The largest absolute Gasteiger partial charge is 0.461 e. The third-order valence-electron chi connectivity index (χ3n) is 2.14. The zero-order valence-electron chi connectivity index (χ0n) is 11.4. The second-order valence-electron chi connectivity index (χ2n) is 4.47. The highest BCUT2D eigenvalue weighted by Crippen LogP contribution is 2.22. The number of anilines is 2. The lowest BCUT2D eigenvalue weighted by Gasteiger charge is -2.10. The van der Waals surface area contributed by atoms with Gasteiger partial charge in [-0.3, -0.25) is 0 Å². The molecule has 0 aromatic carbocycles. The van der Waals surface area contributed by atoms with E-state index in [9.17, 15) is 13.2 Å². The first kappa shape index (κ1) is 16.3. The van der Waals surface area contributed by atoms with Gasteiger partial charge in [0.15, 0.2) is 0 Å². The molecule has 0 atom stereocenters. The van der Waals surface area contributed by atoms with E-state index in [0.29, 0.717) is 13.0 Å². The van der Waals surface area contributed by atoms with Gasteiger partial charge in [-0.2, -0.15) is 28.1 Å². The average molecular weight is 293 g/mol. The molecule has 9 heteroatoms. The Morgan fingerprint density at radius 2 is 1.90 bits per heavy atom. The lowest BCUT2D eigenvalue weighted by molar-refractivity contribution is -0.135. The summed E-state index contributed by atoms with van der Waals surface area (Å²) in [7, 11) is 0. The predicted octanol–water partition coefficient (Wildman–Crippen LogP) is 2.39. The Morgan fingerprint density at radius 3 is 2.50 bits per heavy atom. The average Bonchev–Trinajstić information content (AvgIpc) is 2.25. The van der Waals surface area contributed by atoms with Crippen LogP contribution in [0, 0.1) is 0 Å². The zero-order valence-corrected chi connectivity index (χ0v) is 11.4. The maximum absolute atomic E-state index is 11.9. The first-order valence-electron chi connectivity index (χ1n) is 6.25. The highest BCUT2D eigenvalue weighted by Gasteiger charge is 2.25. The number of halogens is 3. The summed E-state index contributed by atoms with van der Waals surface area (Å²) >= 11 is 0. The Bertz CT molecular complexity index is 425. The number of aromatic nitrogens is 3. The van der Waals surface area contributed by atoms with Crippen molar-refractivity contribution in [2.75, 3.05) is 17.6 Å². The van der Waals surface area contributed by atoms with Crippen molar-refractivity contribution in [2.45, 2.75) is 45.4 Å². The Balaban J connectivity index is 2.41. The van der Waals surface area contributed by atoms with Crippen LogP contribution in [0.5, 0.6) is 6.01 Å². The molecular weight excluding hydrogens is 275 g/mol. The van der Waals surface area contributed by atoms with Crippen molar-refractivity contribution >= 4 is 11.9 Å². The number of rotatable bonds is 7. The summed E-state index contributed by atoms with van der Waals surface area (Å²) < 4.78 is 41.1. The number of ether oxygens (including phenoxy) is 1. The molecule has 114 valence electrons. The molecule has 0 amide bonds. The molecule has 1 aromatic heterocycles. The molecule has 0 radical (unpaired) electrons. The van der Waals surface area contributed by atoms with Gasteiger partial charge in [0, 0.05) is 13.0 Å². The molecule has 0 fully saturated rings. The lowest BCUT2D eigenvalue weighted by atomic mass is 10.2. The summed E-state index contributed by atoms with van der Waals surface area (Å²) in [4.78, 5) is 11.6. The topological polar surface area (TPSA) is 86.0 Å². The van der Waals surface area contributed by atoms with E-state index in [2.05, 4.69) is 20.3 Å². The van der Waals surface area contributed by atoms with Crippen molar-refractivity contribution in [3.63, 3.8) is 0 Å². The van der Waals surface area contributed by atoms with Gasteiger partial charge in [-0.25, -0.2) is 0 Å². The standard InChI is InChI=1S/C11H18F3N5O/c1-7(2)20-10-18-8(15)17-9(19-10)16-6-4-3-5-11(12,13)14/h7H,3-6H2,1-2H3,(H3,15,16,17,18,19). The van der Waals surface area contributed by atoms with E-state index in [-0.39, 0.29) is 30.4 Å². The Hall–Kier alpha value is -1.80. The number of hydrogen-bond acceptors (Lipinski definition) is 6. The highest BCUT2D eigenvalue weighted by molar-refractivity contribution is 5.32. The number of nitrogens with zero attached hydrogens (tertiary/aromatic N) is 3. The molecular formula is C11H18F3N5O. The minimum Gasteiger partial charge on any atom is -0.461 e. The maximum atomic E-state index is 11.9. The van der Waals surface area contributed by atoms with Crippen LogP contribution in [0.2, 0.25) is 0 Å². The summed E-state index contributed by atoms with van der Waals surface area (Å²) in [6, 6.07) is 0.0882. The fourth-order valence-corrected chi connectivity index (χ4v) is 1.37. The lowest BCUT2D eigenvalue weighted by Crippen LogP contribution is -2.14. The molecule has 0 saturated carbocycles. The third kappa shape index (κ3) is 6.95. The molecule has 0 unspecified atom stereocenters. The molecule has 0 aliphatic carbocycles. The highest BCUT2D eigenvalue weighted by atomic mass is 19.4. The van der Waals surface area contributed by atoms with Crippen molar-refractivity contribution < 1.29 is 17.9 Å². The van der Waals surface area contributed by atoms with Gasteiger partial charge < -0.3 is 15.8 Å². The predicted molar refractivity (Wildman–Crippen MR) is 68.4 cm³/mol. The van der Waals surface area contributed by atoms with E-state index in [1.165, 1.54) is 0 Å². The summed E-state index contributed by atoms with van der Waals surface area (Å²) in [5, 5.41) is 2.80. The molecule has 3 N–H and O–H groups in total. The van der Waals surface area contributed by atoms with E-state index in [0.717, 1.165) is 0 Å². The van der Waals surface area contributed by atoms with E-state index in [1.54, 1.807) is 0 Å². The number of nitrogen functional groups attached to an aromatic ring is 1. The number of unbranched alkanes of at least 4 members (excludes halogenated alkanes) is 1. The molecule has 0 bridgehead atoms. The monoisotopic (exact) mass is 293 g/mol. The molecule has 1 heterocycles. The SMILES string of the molecule is CC(C)Oc1nc(N)nc(NCCCCC(F)(F)F)n1. The van der Waals surface area contributed by atoms with Gasteiger partial charge in [-0.15, -0.1) is 0 Å². The molecule has 1 aromatic rings. The Morgan fingerprint density at radius 1 is 1.20 bits per heavy atom. The van der Waals surface area contributed by atoms with Gasteiger partial charge in [0.1, 0.15) is 0 Å². The van der Waals surface area contributed by atoms with Crippen LogP contribution in [0.4, 0.5) is 25.1 Å². The van der Waals surface area contributed by atoms with Crippen molar-refractivity contribution in [3.8, 4) is 6.01 Å². The van der Waals surface area contributed by atoms with Crippen molar-refractivity contribution in [1.82, 2.24) is 15.0 Å². The van der Waals surface area contributed by atoms with E-state index >= 15 is 0 Å². The van der Waals surface area contributed by atoms with Crippen LogP contribution >= 0.6 is 0 Å². The summed E-state index contributed by atoms with van der Waals surface area (Å²) in [5.74, 6) is 0.189. The molecule has 0 aliphatic heterocycles. The van der Waals surface area contributed by atoms with Gasteiger partial charge >= 0.3 is 12.2 Å². The number of nitrogens with two attached hydrogens (primary N) is 1. The van der Waals surface area contributed by atoms with Crippen molar-refractivity contribution in [1.29, 1.82) is 0 Å². The first-order valence-corrected chi connectivity index (χ1v) is 6.25. The van der Waals surface area contributed by atoms with Crippen LogP contribution in [-0.2, 0) is 0 Å². The quantitative estimate of drug-likeness (QED) is 0.751. The van der Waals surface area contributed by atoms with Gasteiger partial charge in [0.05, 0.1) is 6.10 Å². The van der Waals surface area contributed by atoms with E-state index in [4.69, 9.17) is 10.5 Å². The summed E-state index contributed by atoms with van der Waals surface area (Å²) in [6.45, 7) is 3.94. The maximum Gasteiger partial charge on any atom is 0.389 e. The molecule has 0 saturated heterocycles. The molecule has 6 nitrogen and oxygen atoms in total. The minimum absolute atomic E-state index is 0.00607. The minimum atomic E-state index is -4.12. The third-order valence-corrected chi connectivity index (χ3v) is 2.14. The first-order chi connectivity index (χ1) is 9.26. The van der Waals surface area contributed by atoms with Gasteiger partial charge in [0.25, 0.3) is 0 Å². The number of alkyl halides is 3. The fourth-order valence-electron chi connectivity index (χ4n) is 1.37. The molecule has 0 aliphatic rings. The number of nitrogens with one attached hydrogen (secondary N) is 1. The van der Waals surface area contributed by atoms with Crippen molar-refractivity contribution in [2.24, 2.45) is 0 Å². The number of hydrogen-bond donors (Lipinski definition) is 2. The van der Waals surface area contributed by atoms with Crippen LogP contribution in [0.25, 0.3) is 0 Å². The van der Waals surface area contributed by atoms with Gasteiger partial charge in [0.2, 0.25) is 11.9 Å². The molecule has 1 rings (SSSR count). The summed E-state index contributed by atoms with van der Waals surface area (Å²) in [6.07, 6.45) is -4.62. The van der Waals surface area contributed by atoms with Crippen LogP contribution < -0.4 is 15.8 Å². The van der Waals surface area contributed by atoms with Crippen LogP contribution in [0.1, 0.15) is 33.1 Å². The summed E-state index contributed by atoms with van der Waals surface area (Å²) in [5.41, 5.74) is 5.49. The molecule has 0 spiro atoms. The van der Waals surface area contributed by atoms with E-state index < -0.39 is 12.6 Å². The zero-order chi connectivity index (χ0) is 15.2. The Kier molecular flexibility index (Phi) is 5.78. The second kappa shape index (κ2) is 7.11. The second-order valence-corrected chi connectivity index (χ2v) is 4.47.